The van der Waals surface area contributed by atoms with Crippen molar-refractivity contribution in [3.63, 3.8) is 0 Å². The summed E-state index contributed by atoms with van der Waals surface area (Å²) in [4.78, 5) is 3.76. The molecule has 0 saturated heterocycles. The Morgan fingerprint density at radius 2 is 2.40 bits per heavy atom. The van der Waals surface area contributed by atoms with E-state index in [0.29, 0.717) is 0 Å². The molecule has 0 fully saturated rings. The summed E-state index contributed by atoms with van der Waals surface area (Å²) >= 11 is 3.21. The summed E-state index contributed by atoms with van der Waals surface area (Å²) in [7, 11) is 0. The molecule has 0 aliphatic heterocycles. The van der Waals surface area contributed by atoms with Crippen LogP contribution in [0.25, 0.3) is 0 Å². The molecular formula is C6H6BrFN2. The molecule has 0 saturated carbocycles. The summed E-state index contributed by atoms with van der Waals surface area (Å²) in [6.45, 7) is 1.78. The van der Waals surface area contributed by atoms with Gasteiger partial charge in [0, 0.05) is 10.7 Å². The molecule has 0 aliphatic rings. The normalized spacial score (nSPS) is 9.50. The average Bonchev–Trinajstić information content (AvgIpc) is 1.88. The first-order valence-electron chi connectivity index (χ1n) is 2.73. The van der Waals surface area contributed by atoms with Gasteiger partial charge in [-0.15, -0.1) is 4.48 Å². The Morgan fingerprint density at radius 3 is 2.90 bits per heavy atom. The van der Waals surface area contributed by atoms with Crippen molar-refractivity contribution in [2.24, 2.45) is 0 Å². The fourth-order valence-corrected chi connectivity index (χ4v) is 1.09. The fourth-order valence-electron chi connectivity index (χ4n) is 0.639. The van der Waals surface area contributed by atoms with Crippen molar-refractivity contribution < 1.29 is 4.48 Å². The lowest BCUT2D eigenvalue weighted by Crippen LogP contribution is -1.89. The van der Waals surface area contributed by atoms with E-state index < -0.39 is 0 Å². The number of nitrogens with zero attached hydrogens (tertiary/aromatic N) is 1. The fraction of sp³-hybridized carbons (Fsp3) is 0.167. The summed E-state index contributed by atoms with van der Waals surface area (Å²) in [6, 6.07) is 1.79. The number of nitrogens with one attached hydrogen (secondary N) is 1. The van der Waals surface area contributed by atoms with Gasteiger partial charge in [-0.25, -0.2) is 10.5 Å². The predicted molar refractivity (Wildman–Crippen MR) is 41.4 cm³/mol. The van der Waals surface area contributed by atoms with Crippen LogP contribution >= 0.6 is 15.9 Å². The van der Waals surface area contributed by atoms with Crippen LogP contribution in [0.1, 0.15) is 5.56 Å². The Labute approximate surface area is 66.5 Å². The first-order chi connectivity index (χ1) is 4.74. The molecule has 1 N–H and O–H groups in total. The number of anilines is 1. The summed E-state index contributed by atoms with van der Waals surface area (Å²) in [6.07, 6.45) is 1.54. The van der Waals surface area contributed by atoms with E-state index in [1.54, 1.807) is 13.0 Å². The Kier molecular flexibility index (Phi) is 2.21. The van der Waals surface area contributed by atoms with Crippen LogP contribution in [0.15, 0.2) is 16.7 Å². The molecule has 1 rings (SSSR count). The minimum absolute atomic E-state index is 0.267. The quantitative estimate of drug-likeness (QED) is 0.712. The van der Waals surface area contributed by atoms with Crippen LogP contribution in [-0.2, 0) is 0 Å². The van der Waals surface area contributed by atoms with Gasteiger partial charge in [-0.1, -0.05) is 0 Å². The third kappa shape index (κ3) is 1.44. The Bertz CT molecular complexity index is 239. The van der Waals surface area contributed by atoms with E-state index in [0.717, 1.165) is 10.0 Å². The lowest BCUT2D eigenvalue weighted by atomic mass is 10.3. The van der Waals surface area contributed by atoms with Crippen molar-refractivity contribution in [2.45, 2.75) is 6.92 Å². The van der Waals surface area contributed by atoms with E-state index in [9.17, 15) is 4.48 Å². The van der Waals surface area contributed by atoms with Gasteiger partial charge in [-0.3, -0.25) is 0 Å². The molecule has 2 nitrogen and oxygen atoms in total. The van der Waals surface area contributed by atoms with Crippen LogP contribution in [0, 0.1) is 6.92 Å². The first-order valence-corrected chi connectivity index (χ1v) is 3.52. The molecule has 1 aromatic heterocycles. The predicted octanol–water partition coefficient (Wildman–Crippen LogP) is 2.45. The zero-order valence-corrected chi connectivity index (χ0v) is 6.94. The Hall–Kier alpha value is -0.640. The summed E-state index contributed by atoms with van der Waals surface area (Å²) in [5.41, 5.74) is 2.27. The summed E-state index contributed by atoms with van der Waals surface area (Å²) < 4.78 is 12.6. The minimum atomic E-state index is 0.267. The van der Waals surface area contributed by atoms with Crippen LogP contribution < -0.4 is 5.54 Å². The van der Waals surface area contributed by atoms with Crippen molar-refractivity contribution in [1.82, 2.24) is 4.98 Å². The van der Waals surface area contributed by atoms with Gasteiger partial charge in [0.2, 0.25) is 0 Å². The van der Waals surface area contributed by atoms with Gasteiger partial charge < -0.3 is 0 Å². The standard InChI is InChI=1S/C6H6BrFN2/c1-4-2-5(7)3-9-6(4)10-8/h2-3H,1H3,(H,9,10). The zero-order valence-electron chi connectivity index (χ0n) is 5.36. The van der Waals surface area contributed by atoms with E-state index in [4.69, 9.17) is 0 Å². The second-order valence-corrected chi connectivity index (χ2v) is 2.83. The van der Waals surface area contributed by atoms with E-state index in [-0.39, 0.29) is 5.82 Å². The zero-order chi connectivity index (χ0) is 7.56. The van der Waals surface area contributed by atoms with E-state index >= 15 is 0 Å². The molecule has 0 bridgehead atoms. The maximum atomic E-state index is 11.8. The van der Waals surface area contributed by atoms with Crippen molar-refractivity contribution in [3.05, 3.63) is 22.3 Å². The van der Waals surface area contributed by atoms with Crippen LogP contribution in [0.3, 0.4) is 0 Å². The number of aryl methyl sites for hydroxylation is 1. The van der Waals surface area contributed by atoms with Crippen molar-refractivity contribution >= 4 is 21.7 Å². The number of hydrogen-bond donors (Lipinski definition) is 1. The maximum absolute atomic E-state index is 11.8. The molecule has 0 spiro atoms. The molecule has 0 radical (unpaired) electrons. The maximum Gasteiger partial charge on any atom is 0.157 e. The van der Waals surface area contributed by atoms with Gasteiger partial charge >= 0.3 is 0 Å². The molecule has 0 aromatic carbocycles. The average molecular weight is 205 g/mol. The van der Waals surface area contributed by atoms with Crippen molar-refractivity contribution in [1.29, 1.82) is 0 Å². The lowest BCUT2D eigenvalue weighted by Gasteiger charge is -1.99. The largest absolute Gasteiger partial charge is 0.236 e. The van der Waals surface area contributed by atoms with Crippen LogP contribution in [0.4, 0.5) is 10.3 Å². The van der Waals surface area contributed by atoms with Gasteiger partial charge in [0.15, 0.2) is 5.82 Å². The van der Waals surface area contributed by atoms with Crippen LogP contribution in [-0.4, -0.2) is 4.98 Å². The number of rotatable bonds is 1. The third-order valence-electron chi connectivity index (χ3n) is 1.13. The van der Waals surface area contributed by atoms with Gasteiger partial charge in [-0.2, -0.15) is 0 Å². The molecule has 10 heavy (non-hydrogen) atoms. The highest BCUT2D eigenvalue weighted by molar-refractivity contribution is 9.10. The molecule has 4 heteroatoms. The number of hydrogen-bond acceptors (Lipinski definition) is 2. The topological polar surface area (TPSA) is 24.9 Å². The summed E-state index contributed by atoms with van der Waals surface area (Å²) in [5, 5.41) is 0. The van der Waals surface area contributed by atoms with Gasteiger partial charge in [0.25, 0.3) is 0 Å². The first kappa shape index (κ1) is 7.47. The smallest absolute Gasteiger partial charge is 0.157 e. The minimum Gasteiger partial charge on any atom is -0.236 e. The van der Waals surface area contributed by atoms with Gasteiger partial charge in [0.05, 0.1) is 0 Å². The highest BCUT2D eigenvalue weighted by Gasteiger charge is 1.97. The molecule has 0 amide bonds. The lowest BCUT2D eigenvalue weighted by molar-refractivity contribution is 0.610. The number of aromatic nitrogens is 1. The molecule has 1 aromatic rings. The van der Waals surface area contributed by atoms with Crippen LogP contribution in [0.5, 0.6) is 0 Å². The van der Waals surface area contributed by atoms with Crippen LogP contribution in [0.2, 0.25) is 0 Å². The molecule has 0 aliphatic carbocycles. The third-order valence-corrected chi connectivity index (χ3v) is 1.57. The Balaban J connectivity index is 3.07. The van der Waals surface area contributed by atoms with E-state index in [1.807, 2.05) is 0 Å². The highest BCUT2D eigenvalue weighted by atomic mass is 79.9. The van der Waals surface area contributed by atoms with Crippen molar-refractivity contribution in [2.75, 3.05) is 5.54 Å². The van der Waals surface area contributed by atoms with E-state index in [2.05, 4.69) is 20.9 Å². The highest BCUT2D eigenvalue weighted by Crippen LogP contribution is 2.16. The second kappa shape index (κ2) is 2.96. The molecule has 0 unspecified atom stereocenters. The SMILES string of the molecule is Cc1cc(Br)cnc1NF. The molecule has 54 valence electrons. The molecule has 1 heterocycles. The molecular weight excluding hydrogens is 199 g/mol. The van der Waals surface area contributed by atoms with Gasteiger partial charge in [-0.05, 0) is 34.5 Å². The summed E-state index contributed by atoms with van der Waals surface area (Å²) in [5.74, 6) is 0.267. The van der Waals surface area contributed by atoms with Gasteiger partial charge in [0.1, 0.15) is 0 Å². The Morgan fingerprint density at radius 1 is 1.70 bits per heavy atom. The van der Waals surface area contributed by atoms with Crippen molar-refractivity contribution in [3.8, 4) is 0 Å². The number of halogens is 2. The van der Waals surface area contributed by atoms with E-state index in [1.165, 1.54) is 11.7 Å². The number of pyridine rings is 1. The second-order valence-electron chi connectivity index (χ2n) is 1.91. The monoisotopic (exact) mass is 204 g/mol. The molecule has 0 atom stereocenters.